The minimum absolute atomic E-state index is 0.111. The van der Waals surface area contributed by atoms with Gasteiger partial charge in [-0.1, -0.05) is 24.3 Å². The van der Waals surface area contributed by atoms with Crippen molar-refractivity contribution in [3.8, 4) is 22.5 Å². The van der Waals surface area contributed by atoms with Gasteiger partial charge in [-0.15, -0.1) is 0 Å². The first-order valence-corrected chi connectivity index (χ1v) is 7.91. The Labute approximate surface area is 143 Å². The van der Waals surface area contributed by atoms with Crippen molar-refractivity contribution < 1.29 is 9.21 Å². The maximum atomic E-state index is 11.8. The summed E-state index contributed by atoms with van der Waals surface area (Å²) in [4.78, 5) is 23.4. The third-order valence-electron chi connectivity index (χ3n) is 4.39. The highest BCUT2D eigenvalue weighted by Gasteiger charge is 2.19. The van der Waals surface area contributed by atoms with Gasteiger partial charge >= 0.3 is 0 Å². The summed E-state index contributed by atoms with van der Waals surface area (Å²) in [5.74, 6) is 0.0439. The fourth-order valence-corrected chi connectivity index (χ4v) is 3.15. The molecular weight excluding hydrogens is 314 g/mol. The fraction of sp³-hybridized carbons (Fsp3) is 0.0476. The van der Waals surface area contributed by atoms with Gasteiger partial charge in [0.1, 0.15) is 11.3 Å². The van der Waals surface area contributed by atoms with E-state index in [1.165, 1.54) is 12.1 Å². The summed E-state index contributed by atoms with van der Waals surface area (Å²) >= 11 is 0. The smallest absolute Gasteiger partial charge is 0.248 e. The van der Waals surface area contributed by atoms with Gasteiger partial charge in [-0.2, -0.15) is 0 Å². The molecule has 0 radical (unpaired) electrons. The van der Waals surface area contributed by atoms with E-state index < -0.39 is 5.91 Å². The van der Waals surface area contributed by atoms with E-state index in [2.05, 4.69) is 0 Å². The second-order valence-electron chi connectivity index (χ2n) is 6.03. The number of primary amides is 1. The Bertz CT molecular complexity index is 1160. The van der Waals surface area contributed by atoms with Crippen molar-refractivity contribution in [3.63, 3.8) is 0 Å². The lowest BCUT2D eigenvalue weighted by Crippen LogP contribution is -2.11. The molecule has 2 aromatic carbocycles. The van der Waals surface area contributed by atoms with Crippen molar-refractivity contribution in [2.75, 3.05) is 0 Å². The predicted octanol–water partition coefficient (Wildman–Crippen LogP) is 3.97. The Balaban J connectivity index is 2.18. The Morgan fingerprint density at radius 3 is 2.56 bits per heavy atom. The fourth-order valence-electron chi connectivity index (χ4n) is 3.15. The lowest BCUT2D eigenvalue weighted by atomic mass is 9.90. The Morgan fingerprint density at radius 2 is 1.76 bits per heavy atom. The number of benzene rings is 3. The molecule has 0 spiro atoms. The molecule has 1 heterocycles. The highest BCUT2D eigenvalue weighted by atomic mass is 16.3. The summed E-state index contributed by atoms with van der Waals surface area (Å²) in [6.45, 7) is 1.98. The number of amides is 1. The first-order valence-electron chi connectivity index (χ1n) is 7.91. The Morgan fingerprint density at radius 1 is 0.960 bits per heavy atom. The molecule has 1 aliphatic heterocycles. The van der Waals surface area contributed by atoms with E-state index in [0.29, 0.717) is 16.9 Å². The molecule has 0 saturated heterocycles. The molecule has 1 aliphatic carbocycles. The number of carbonyl (C=O) groups excluding carboxylic acids is 1. The minimum Gasteiger partial charge on any atom is -0.456 e. The van der Waals surface area contributed by atoms with Crippen LogP contribution in [-0.2, 0) is 0 Å². The van der Waals surface area contributed by atoms with Gasteiger partial charge in [0, 0.05) is 28.1 Å². The quantitative estimate of drug-likeness (QED) is 0.565. The minimum atomic E-state index is -0.475. The maximum absolute atomic E-state index is 11.8. The predicted molar refractivity (Wildman–Crippen MR) is 97.8 cm³/mol. The van der Waals surface area contributed by atoms with E-state index in [0.717, 1.165) is 27.6 Å². The number of hydrogen-bond donors (Lipinski definition) is 1. The van der Waals surface area contributed by atoms with Crippen LogP contribution in [0.15, 0.2) is 69.9 Å². The van der Waals surface area contributed by atoms with Crippen LogP contribution < -0.4 is 11.2 Å². The van der Waals surface area contributed by atoms with Crippen molar-refractivity contribution in [1.82, 2.24) is 0 Å². The summed E-state index contributed by atoms with van der Waals surface area (Å²) < 4.78 is 5.92. The normalized spacial score (nSPS) is 11.1. The molecule has 4 rings (SSSR count). The summed E-state index contributed by atoms with van der Waals surface area (Å²) in [5.41, 5.74) is 10.1. The zero-order valence-corrected chi connectivity index (χ0v) is 13.6. The second kappa shape index (κ2) is 5.60. The lowest BCUT2D eigenvalue weighted by Gasteiger charge is -2.17. The number of carbonyl (C=O) groups is 1. The third-order valence-corrected chi connectivity index (χ3v) is 4.39. The number of para-hydroxylation sites is 1. The number of nitrogens with two attached hydrogens (primary N) is 1. The first-order chi connectivity index (χ1) is 12.0. The van der Waals surface area contributed by atoms with Crippen molar-refractivity contribution in [2.45, 2.75) is 6.92 Å². The van der Waals surface area contributed by atoms with Crippen molar-refractivity contribution in [1.29, 1.82) is 0 Å². The lowest BCUT2D eigenvalue weighted by molar-refractivity contribution is 0.100. The molecular formula is C21H15NO3. The molecule has 4 heteroatoms. The van der Waals surface area contributed by atoms with Crippen LogP contribution in [0.4, 0.5) is 0 Å². The molecule has 0 bridgehead atoms. The number of hydrogen-bond acceptors (Lipinski definition) is 3. The highest BCUT2D eigenvalue weighted by molar-refractivity contribution is 6.04. The molecule has 4 nitrogen and oxygen atoms in total. The van der Waals surface area contributed by atoms with Crippen LogP contribution in [0.1, 0.15) is 15.9 Å². The zero-order chi connectivity index (χ0) is 17.6. The average Bonchev–Trinajstić information content (AvgIpc) is 2.60. The summed E-state index contributed by atoms with van der Waals surface area (Å²) in [7, 11) is 0. The van der Waals surface area contributed by atoms with E-state index in [9.17, 15) is 9.59 Å². The number of fused-ring (bicyclic) bond motifs is 2. The van der Waals surface area contributed by atoms with Gasteiger partial charge in [-0.3, -0.25) is 9.59 Å². The Kier molecular flexibility index (Phi) is 3.39. The molecule has 0 fully saturated rings. The molecule has 25 heavy (non-hydrogen) atoms. The van der Waals surface area contributed by atoms with Crippen LogP contribution in [0, 0.1) is 6.92 Å². The van der Waals surface area contributed by atoms with Gasteiger partial charge in [-0.05, 0) is 48.4 Å². The van der Waals surface area contributed by atoms with Gasteiger partial charge in [0.05, 0.1) is 0 Å². The van der Waals surface area contributed by atoms with Crippen molar-refractivity contribution in [2.24, 2.45) is 5.73 Å². The van der Waals surface area contributed by atoms with Crippen LogP contribution in [-0.4, -0.2) is 5.91 Å². The van der Waals surface area contributed by atoms with E-state index in [-0.39, 0.29) is 5.43 Å². The molecule has 0 aromatic heterocycles. The largest absolute Gasteiger partial charge is 0.456 e. The van der Waals surface area contributed by atoms with E-state index in [1.54, 1.807) is 18.2 Å². The Hall–Kier alpha value is -3.40. The van der Waals surface area contributed by atoms with E-state index in [4.69, 9.17) is 10.2 Å². The van der Waals surface area contributed by atoms with E-state index in [1.807, 2.05) is 37.3 Å². The van der Waals surface area contributed by atoms with E-state index >= 15 is 0 Å². The summed E-state index contributed by atoms with van der Waals surface area (Å²) in [5, 5.41) is 0.915. The molecule has 0 atom stereocenters. The van der Waals surface area contributed by atoms with Gasteiger partial charge in [-0.25, -0.2) is 0 Å². The molecule has 122 valence electrons. The maximum Gasteiger partial charge on any atom is 0.248 e. The summed E-state index contributed by atoms with van der Waals surface area (Å²) in [6, 6.07) is 17.8. The molecule has 1 amide bonds. The van der Waals surface area contributed by atoms with Crippen LogP contribution in [0.5, 0.6) is 0 Å². The van der Waals surface area contributed by atoms with Crippen molar-refractivity contribution >= 4 is 16.9 Å². The molecule has 0 saturated carbocycles. The van der Waals surface area contributed by atoms with Gasteiger partial charge in [0.25, 0.3) is 0 Å². The van der Waals surface area contributed by atoms with Crippen molar-refractivity contribution in [3.05, 3.63) is 82.0 Å². The molecule has 0 unspecified atom stereocenters. The SMILES string of the molecule is Cc1ccc(C(N)=O)cc1-c1c2ccc(=O)cc-2oc2ccccc12. The molecule has 2 aliphatic rings. The average molecular weight is 329 g/mol. The topological polar surface area (TPSA) is 73.3 Å². The monoisotopic (exact) mass is 329 g/mol. The van der Waals surface area contributed by atoms with Crippen LogP contribution in [0.25, 0.3) is 33.4 Å². The standard InChI is InChI=1S/C21H15NO3/c1-12-6-7-13(21(22)24)10-17(12)20-15-4-2-3-5-18(15)25-19-11-14(23)8-9-16(19)20/h2-11H,1H3,(H2,22,24). The van der Waals surface area contributed by atoms with Gasteiger partial charge < -0.3 is 10.2 Å². The molecule has 2 aromatic rings. The zero-order valence-electron chi connectivity index (χ0n) is 13.6. The first kappa shape index (κ1) is 15.1. The molecule has 2 N–H and O–H groups in total. The van der Waals surface area contributed by atoms with Gasteiger partial charge in [0.2, 0.25) is 5.91 Å². The van der Waals surface area contributed by atoms with Gasteiger partial charge in [0.15, 0.2) is 5.43 Å². The van der Waals surface area contributed by atoms with Crippen LogP contribution in [0.3, 0.4) is 0 Å². The highest BCUT2D eigenvalue weighted by Crippen LogP contribution is 2.40. The number of rotatable bonds is 2. The van der Waals surface area contributed by atoms with Crippen LogP contribution in [0.2, 0.25) is 0 Å². The van der Waals surface area contributed by atoms with Crippen LogP contribution >= 0.6 is 0 Å². The second-order valence-corrected chi connectivity index (χ2v) is 6.03. The summed E-state index contributed by atoms with van der Waals surface area (Å²) in [6.07, 6.45) is 0. The number of aryl methyl sites for hydroxylation is 1. The third kappa shape index (κ3) is 2.48.